The molecule has 0 saturated heterocycles. The van der Waals surface area contributed by atoms with Crippen LogP contribution in [0.3, 0.4) is 0 Å². The van der Waals surface area contributed by atoms with Crippen molar-refractivity contribution in [3.05, 3.63) is 102 Å². The highest BCUT2D eigenvalue weighted by atomic mass is 16.5. The summed E-state index contributed by atoms with van der Waals surface area (Å²) in [6, 6.07) is 27.2. The fourth-order valence-electron chi connectivity index (χ4n) is 4.57. The Labute approximate surface area is 216 Å². The summed E-state index contributed by atoms with van der Waals surface area (Å²) in [4.78, 5) is 29.6. The van der Waals surface area contributed by atoms with Crippen molar-refractivity contribution in [1.29, 1.82) is 0 Å². The van der Waals surface area contributed by atoms with E-state index in [1.165, 1.54) is 0 Å². The number of nitrogens with zero attached hydrogens (tertiary/aromatic N) is 4. The topological polar surface area (TPSA) is 67.7 Å². The molecule has 37 heavy (non-hydrogen) atoms. The van der Waals surface area contributed by atoms with Crippen LogP contribution in [0.4, 0.5) is 5.82 Å². The Kier molecular flexibility index (Phi) is 7.03. The quantitative estimate of drug-likeness (QED) is 0.339. The number of amides is 2. The van der Waals surface area contributed by atoms with Crippen molar-refractivity contribution in [2.75, 3.05) is 18.6 Å². The van der Waals surface area contributed by atoms with E-state index in [0.29, 0.717) is 38.2 Å². The van der Waals surface area contributed by atoms with E-state index in [9.17, 15) is 9.59 Å². The molecule has 4 aromatic rings. The van der Waals surface area contributed by atoms with Gasteiger partial charge in [0.1, 0.15) is 11.6 Å². The summed E-state index contributed by atoms with van der Waals surface area (Å²) in [5.41, 5.74) is 4.48. The van der Waals surface area contributed by atoms with E-state index >= 15 is 0 Å². The molecule has 0 saturated carbocycles. The second-order valence-corrected chi connectivity index (χ2v) is 9.07. The van der Waals surface area contributed by atoms with Gasteiger partial charge in [0.15, 0.2) is 0 Å². The smallest absolute Gasteiger partial charge is 0.254 e. The van der Waals surface area contributed by atoms with Crippen molar-refractivity contribution in [3.63, 3.8) is 0 Å². The van der Waals surface area contributed by atoms with Crippen LogP contribution >= 0.6 is 0 Å². The summed E-state index contributed by atoms with van der Waals surface area (Å²) in [5.74, 6) is 1.62. The largest absolute Gasteiger partial charge is 0.497 e. The van der Waals surface area contributed by atoms with Crippen LogP contribution in [-0.2, 0) is 24.4 Å². The first-order valence-electron chi connectivity index (χ1n) is 12.5. The predicted octanol–water partition coefficient (Wildman–Crippen LogP) is 5.16. The zero-order chi connectivity index (χ0) is 25.8. The number of hydrogen-bond donors (Lipinski definition) is 0. The van der Waals surface area contributed by atoms with Gasteiger partial charge in [0.2, 0.25) is 5.91 Å². The number of benzene rings is 3. The van der Waals surface area contributed by atoms with Gasteiger partial charge in [-0.05, 0) is 54.4 Å². The maximum absolute atomic E-state index is 13.1. The van der Waals surface area contributed by atoms with Gasteiger partial charge in [-0.25, -0.2) is 4.68 Å². The molecule has 2 heterocycles. The van der Waals surface area contributed by atoms with Crippen LogP contribution in [0.1, 0.15) is 34.8 Å². The lowest BCUT2D eigenvalue weighted by atomic mass is 10.1. The number of carbonyl (C=O) groups excluding carboxylic acids is 2. The molecule has 0 N–H and O–H groups in total. The SMILES string of the molecule is CCN(Cc1ccccc1)C(=O)c1ccc(CN2C(=O)CCn3nc(-c4ccc(OC)cc4)cc32)cc1. The van der Waals surface area contributed by atoms with Gasteiger partial charge in [-0.1, -0.05) is 42.5 Å². The zero-order valence-electron chi connectivity index (χ0n) is 21.1. The van der Waals surface area contributed by atoms with E-state index in [4.69, 9.17) is 9.84 Å². The third-order valence-electron chi connectivity index (χ3n) is 6.69. The number of aromatic nitrogens is 2. The lowest BCUT2D eigenvalue weighted by molar-refractivity contribution is -0.119. The first kappa shape index (κ1) is 24.3. The summed E-state index contributed by atoms with van der Waals surface area (Å²) < 4.78 is 7.14. The molecule has 3 aromatic carbocycles. The number of hydrogen-bond acceptors (Lipinski definition) is 4. The summed E-state index contributed by atoms with van der Waals surface area (Å²) in [5, 5.41) is 4.74. The van der Waals surface area contributed by atoms with E-state index < -0.39 is 0 Å². The summed E-state index contributed by atoms with van der Waals surface area (Å²) in [6.07, 6.45) is 0.401. The second kappa shape index (κ2) is 10.7. The highest BCUT2D eigenvalue weighted by Gasteiger charge is 2.27. The van der Waals surface area contributed by atoms with E-state index in [1.54, 1.807) is 12.0 Å². The van der Waals surface area contributed by atoms with Gasteiger partial charge < -0.3 is 9.64 Å². The molecule has 1 aromatic heterocycles. The molecule has 0 spiro atoms. The maximum Gasteiger partial charge on any atom is 0.254 e. The normalized spacial score (nSPS) is 12.8. The van der Waals surface area contributed by atoms with Crippen molar-refractivity contribution in [2.45, 2.75) is 33.0 Å². The third-order valence-corrected chi connectivity index (χ3v) is 6.69. The molecule has 2 amide bonds. The average Bonchev–Trinajstić information content (AvgIpc) is 3.39. The van der Waals surface area contributed by atoms with Crippen LogP contribution < -0.4 is 9.64 Å². The molecule has 7 nitrogen and oxygen atoms in total. The molecular formula is C30H30N4O3. The summed E-state index contributed by atoms with van der Waals surface area (Å²) in [6.45, 7) is 4.16. The molecule has 1 aliphatic heterocycles. The van der Waals surface area contributed by atoms with Gasteiger partial charge in [0.25, 0.3) is 5.91 Å². The maximum atomic E-state index is 13.1. The van der Waals surface area contributed by atoms with Gasteiger partial charge >= 0.3 is 0 Å². The van der Waals surface area contributed by atoms with E-state index in [1.807, 2.05) is 101 Å². The van der Waals surface area contributed by atoms with Crippen molar-refractivity contribution >= 4 is 17.6 Å². The number of methoxy groups -OCH3 is 1. The van der Waals surface area contributed by atoms with Crippen LogP contribution in [-0.4, -0.2) is 40.1 Å². The molecule has 0 radical (unpaired) electrons. The molecule has 0 aliphatic carbocycles. The van der Waals surface area contributed by atoms with Crippen LogP contribution in [0.5, 0.6) is 5.75 Å². The summed E-state index contributed by atoms with van der Waals surface area (Å²) >= 11 is 0. The zero-order valence-corrected chi connectivity index (χ0v) is 21.1. The number of fused-ring (bicyclic) bond motifs is 1. The van der Waals surface area contributed by atoms with Gasteiger partial charge in [-0.15, -0.1) is 0 Å². The van der Waals surface area contributed by atoms with Gasteiger partial charge in [-0.2, -0.15) is 5.10 Å². The molecule has 188 valence electrons. The Bertz CT molecular complexity index is 1380. The molecule has 0 atom stereocenters. The van der Waals surface area contributed by atoms with Crippen molar-refractivity contribution in [2.24, 2.45) is 0 Å². The minimum absolute atomic E-state index is 0.00541. The van der Waals surface area contributed by atoms with Gasteiger partial charge in [0, 0.05) is 36.7 Å². The fraction of sp³-hybridized carbons (Fsp3) is 0.233. The number of aryl methyl sites for hydroxylation is 1. The molecular weight excluding hydrogens is 464 g/mol. The van der Waals surface area contributed by atoms with E-state index in [0.717, 1.165) is 34.0 Å². The standard InChI is InChI=1S/C30H30N4O3/c1-3-32(20-22-7-5-4-6-8-22)30(36)25-11-9-23(10-12-25)21-33-28-19-27(31-34(28)18-17-29(33)35)24-13-15-26(37-2)16-14-24/h4-16,19H,3,17-18,20-21H2,1-2H3. The predicted molar refractivity (Wildman–Crippen MR) is 143 cm³/mol. The molecule has 1 aliphatic rings. The fourth-order valence-corrected chi connectivity index (χ4v) is 4.57. The van der Waals surface area contributed by atoms with E-state index in [2.05, 4.69) is 0 Å². The number of ether oxygens (including phenoxy) is 1. The highest BCUT2D eigenvalue weighted by molar-refractivity contribution is 5.95. The first-order valence-corrected chi connectivity index (χ1v) is 12.5. The van der Waals surface area contributed by atoms with Crippen molar-refractivity contribution in [3.8, 4) is 17.0 Å². The number of anilines is 1. The molecule has 5 rings (SSSR count). The Morgan fingerprint density at radius 1 is 0.973 bits per heavy atom. The van der Waals surface area contributed by atoms with Gasteiger partial charge in [0.05, 0.1) is 25.9 Å². The van der Waals surface area contributed by atoms with Crippen LogP contribution in [0.25, 0.3) is 11.3 Å². The number of rotatable bonds is 8. The molecule has 0 fully saturated rings. The Morgan fingerprint density at radius 3 is 2.38 bits per heavy atom. The van der Waals surface area contributed by atoms with E-state index in [-0.39, 0.29) is 11.8 Å². The third kappa shape index (κ3) is 5.26. The molecule has 7 heteroatoms. The first-order chi connectivity index (χ1) is 18.1. The molecule has 0 unspecified atom stereocenters. The molecule has 0 bridgehead atoms. The number of carbonyl (C=O) groups is 2. The minimum atomic E-state index is -0.00541. The van der Waals surface area contributed by atoms with Crippen LogP contribution in [0, 0.1) is 0 Å². The monoisotopic (exact) mass is 494 g/mol. The lowest BCUT2D eigenvalue weighted by Crippen LogP contribution is -2.37. The Morgan fingerprint density at radius 2 is 1.70 bits per heavy atom. The second-order valence-electron chi connectivity index (χ2n) is 9.07. The Hall–Kier alpha value is -4.39. The average molecular weight is 495 g/mol. The van der Waals surface area contributed by atoms with Crippen molar-refractivity contribution in [1.82, 2.24) is 14.7 Å². The summed E-state index contributed by atoms with van der Waals surface area (Å²) in [7, 11) is 1.64. The lowest BCUT2D eigenvalue weighted by Gasteiger charge is -2.27. The van der Waals surface area contributed by atoms with Crippen LogP contribution in [0.15, 0.2) is 84.9 Å². The van der Waals surface area contributed by atoms with Crippen molar-refractivity contribution < 1.29 is 14.3 Å². The van der Waals surface area contributed by atoms with Crippen LogP contribution in [0.2, 0.25) is 0 Å². The highest BCUT2D eigenvalue weighted by Crippen LogP contribution is 2.30. The van der Waals surface area contributed by atoms with Gasteiger partial charge in [-0.3, -0.25) is 14.5 Å². The minimum Gasteiger partial charge on any atom is -0.497 e. The Balaban J connectivity index is 1.31.